The molecule has 0 unspecified atom stereocenters. The quantitative estimate of drug-likeness (QED) is 0.784. The van der Waals surface area contributed by atoms with Gasteiger partial charge in [0.05, 0.1) is 6.54 Å². The SMILES string of the molecule is Cn1cccc1CNC(=O)c1ccc(=O)[nH]n1. The topological polar surface area (TPSA) is 79.8 Å². The van der Waals surface area contributed by atoms with E-state index in [-0.39, 0.29) is 17.2 Å². The third kappa shape index (κ3) is 2.60. The highest BCUT2D eigenvalue weighted by molar-refractivity contribution is 5.91. The van der Waals surface area contributed by atoms with Gasteiger partial charge in [0.15, 0.2) is 0 Å². The van der Waals surface area contributed by atoms with Crippen molar-refractivity contribution in [2.24, 2.45) is 7.05 Å². The fraction of sp³-hybridized carbons (Fsp3) is 0.182. The molecule has 0 aliphatic heterocycles. The lowest BCUT2D eigenvalue weighted by molar-refractivity contribution is 0.0944. The van der Waals surface area contributed by atoms with E-state index < -0.39 is 0 Å². The van der Waals surface area contributed by atoms with Crippen molar-refractivity contribution in [3.05, 3.63) is 52.2 Å². The van der Waals surface area contributed by atoms with Crippen molar-refractivity contribution in [1.82, 2.24) is 20.1 Å². The highest BCUT2D eigenvalue weighted by Gasteiger charge is 2.07. The Hall–Kier alpha value is -2.37. The number of aryl methyl sites for hydroxylation is 1. The van der Waals surface area contributed by atoms with E-state index in [1.54, 1.807) is 0 Å². The average Bonchev–Trinajstić information content (AvgIpc) is 2.73. The van der Waals surface area contributed by atoms with E-state index in [4.69, 9.17) is 0 Å². The molecule has 2 N–H and O–H groups in total. The Balaban J connectivity index is 2.00. The lowest BCUT2D eigenvalue weighted by Gasteiger charge is -2.05. The Kier molecular flexibility index (Phi) is 3.04. The van der Waals surface area contributed by atoms with Crippen molar-refractivity contribution < 1.29 is 4.79 Å². The summed E-state index contributed by atoms with van der Waals surface area (Å²) in [6.07, 6.45) is 1.90. The van der Waals surface area contributed by atoms with Crippen molar-refractivity contribution >= 4 is 5.91 Å². The van der Waals surface area contributed by atoms with Crippen molar-refractivity contribution in [3.63, 3.8) is 0 Å². The molecule has 2 aromatic heterocycles. The first kappa shape index (κ1) is 11.1. The van der Waals surface area contributed by atoms with Crippen LogP contribution in [0.4, 0.5) is 0 Å². The molecular weight excluding hydrogens is 220 g/mol. The predicted octanol–water partition coefficient (Wildman–Crippen LogP) is 0.0384. The lowest BCUT2D eigenvalue weighted by Crippen LogP contribution is -2.26. The summed E-state index contributed by atoms with van der Waals surface area (Å²) in [5, 5.41) is 8.58. The van der Waals surface area contributed by atoms with Crippen LogP contribution in [0.25, 0.3) is 0 Å². The van der Waals surface area contributed by atoms with Crippen molar-refractivity contribution in [2.45, 2.75) is 6.54 Å². The second kappa shape index (κ2) is 4.65. The molecule has 0 radical (unpaired) electrons. The molecule has 0 fully saturated rings. The third-order valence-electron chi connectivity index (χ3n) is 2.39. The first-order valence-electron chi connectivity index (χ1n) is 5.11. The summed E-state index contributed by atoms with van der Waals surface area (Å²) >= 11 is 0. The molecule has 2 aromatic rings. The fourth-order valence-electron chi connectivity index (χ4n) is 1.41. The van der Waals surface area contributed by atoms with Gasteiger partial charge in [-0.1, -0.05) is 0 Å². The molecular formula is C11H12N4O2. The Labute approximate surface area is 97.3 Å². The molecule has 0 saturated carbocycles. The summed E-state index contributed by atoms with van der Waals surface area (Å²) in [7, 11) is 1.90. The maximum atomic E-state index is 11.7. The first-order chi connectivity index (χ1) is 8.16. The van der Waals surface area contributed by atoms with E-state index in [0.29, 0.717) is 6.54 Å². The number of rotatable bonds is 3. The minimum atomic E-state index is -0.330. The number of carbonyl (C=O) groups excluding carboxylic acids is 1. The number of carbonyl (C=O) groups is 1. The largest absolute Gasteiger partial charge is 0.353 e. The summed E-state index contributed by atoms with van der Waals surface area (Å²) in [5.74, 6) is -0.317. The monoisotopic (exact) mass is 232 g/mol. The summed E-state index contributed by atoms with van der Waals surface area (Å²) in [6, 6.07) is 6.48. The minimum Gasteiger partial charge on any atom is -0.353 e. The van der Waals surface area contributed by atoms with Crippen LogP contribution in [-0.2, 0) is 13.6 Å². The van der Waals surface area contributed by atoms with Gasteiger partial charge in [-0.15, -0.1) is 0 Å². The number of amides is 1. The third-order valence-corrected chi connectivity index (χ3v) is 2.39. The maximum Gasteiger partial charge on any atom is 0.272 e. The average molecular weight is 232 g/mol. The van der Waals surface area contributed by atoms with Gasteiger partial charge in [0.1, 0.15) is 5.69 Å². The van der Waals surface area contributed by atoms with Crippen LogP contribution in [0.15, 0.2) is 35.3 Å². The van der Waals surface area contributed by atoms with Gasteiger partial charge in [0, 0.05) is 25.0 Å². The van der Waals surface area contributed by atoms with E-state index in [1.807, 2.05) is 29.9 Å². The van der Waals surface area contributed by atoms with Crippen LogP contribution in [0.1, 0.15) is 16.2 Å². The van der Waals surface area contributed by atoms with Gasteiger partial charge in [0.2, 0.25) is 0 Å². The van der Waals surface area contributed by atoms with Crippen molar-refractivity contribution in [2.75, 3.05) is 0 Å². The number of aromatic amines is 1. The van der Waals surface area contributed by atoms with Crippen LogP contribution in [0, 0.1) is 0 Å². The van der Waals surface area contributed by atoms with Crippen LogP contribution in [0.2, 0.25) is 0 Å². The van der Waals surface area contributed by atoms with Crippen LogP contribution < -0.4 is 10.9 Å². The molecule has 0 bridgehead atoms. The zero-order valence-corrected chi connectivity index (χ0v) is 9.30. The van der Waals surface area contributed by atoms with Gasteiger partial charge < -0.3 is 9.88 Å². The Morgan fingerprint density at radius 2 is 2.29 bits per heavy atom. The highest BCUT2D eigenvalue weighted by Crippen LogP contribution is 1.99. The fourth-order valence-corrected chi connectivity index (χ4v) is 1.41. The van der Waals surface area contributed by atoms with E-state index in [0.717, 1.165) is 5.69 Å². The van der Waals surface area contributed by atoms with Gasteiger partial charge in [0.25, 0.3) is 11.5 Å². The van der Waals surface area contributed by atoms with Crippen LogP contribution >= 0.6 is 0 Å². The smallest absolute Gasteiger partial charge is 0.272 e. The van der Waals surface area contributed by atoms with Gasteiger partial charge >= 0.3 is 0 Å². The molecule has 17 heavy (non-hydrogen) atoms. The normalized spacial score (nSPS) is 10.2. The standard InChI is InChI=1S/C11H12N4O2/c1-15-6-2-3-8(15)7-12-11(17)9-4-5-10(16)14-13-9/h2-6H,7H2,1H3,(H,12,17)(H,14,16). The van der Waals surface area contributed by atoms with E-state index in [1.165, 1.54) is 12.1 Å². The number of nitrogens with zero attached hydrogens (tertiary/aromatic N) is 2. The second-order valence-electron chi connectivity index (χ2n) is 3.60. The molecule has 2 heterocycles. The summed E-state index contributed by atoms with van der Waals surface area (Å²) in [5.41, 5.74) is 0.852. The molecule has 2 rings (SSSR count). The molecule has 6 heteroatoms. The number of aromatic nitrogens is 3. The molecule has 0 atom stereocenters. The number of H-pyrrole nitrogens is 1. The second-order valence-corrected chi connectivity index (χ2v) is 3.60. The zero-order chi connectivity index (χ0) is 12.3. The summed E-state index contributed by atoms with van der Waals surface area (Å²) in [6.45, 7) is 0.420. The molecule has 0 saturated heterocycles. The Morgan fingerprint density at radius 3 is 2.88 bits per heavy atom. The van der Waals surface area contributed by atoms with Gasteiger partial charge in [-0.2, -0.15) is 5.10 Å². The number of hydrogen-bond acceptors (Lipinski definition) is 3. The number of nitrogens with one attached hydrogen (secondary N) is 2. The van der Waals surface area contributed by atoms with Crippen LogP contribution in [-0.4, -0.2) is 20.7 Å². The van der Waals surface area contributed by atoms with Crippen molar-refractivity contribution in [1.29, 1.82) is 0 Å². The molecule has 6 nitrogen and oxygen atoms in total. The van der Waals surface area contributed by atoms with Gasteiger partial charge in [-0.05, 0) is 18.2 Å². The molecule has 88 valence electrons. The molecule has 0 aromatic carbocycles. The highest BCUT2D eigenvalue weighted by atomic mass is 16.2. The zero-order valence-electron chi connectivity index (χ0n) is 9.30. The van der Waals surface area contributed by atoms with Gasteiger partial charge in [-0.25, -0.2) is 5.10 Å². The first-order valence-corrected chi connectivity index (χ1v) is 5.11. The molecule has 0 aliphatic rings. The molecule has 0 aliphatic carbocycles. The lowest BCUT2D eigenvalue weighted by atomic mass is 10.3. The number of hydrogen-bond donors (Lipinski definition) is 2. The molecule has 1 amide bonds. The van der Waals surface area contributed by atoms with E-state index >= 15 is 0 Å². The van der Waals surface area contributed by atoms with Crippen molar-refractivity contribution in [3.8, 4) is 0 Å². The van der Waals surface area contributed by atoms with E-state index in [9.17, 15) is 9.59 Å². The van der Waals surface area contributed by atoms with E-state index in [2.05, 4.69) is 15.5 Å². The summed E-state index contributed by atoms with van der Waals surface area (Å²) in [4.78, 5) is 22.4. The molecule has 0 spiro atoms. The Morgan fingerprint density at radius 1 is 1.47 bits per heavy atom. The van der Waals surface area contributed by atoms with Gasteiger partial charge in [-0.3, -0.25) is 9.59 Å². The van der Waals surface area contributed by atoms with Crippen LogP contribution in [0.3, 0.4) is 0 Å². The minimum absolute atomic E-state index is 0.193. The maximum absolute atomic E-state index is 11.7. The summed E-state index contributed by atoms with van der Waals surface area (Å²) < 4.78 is 1.92. The predicted molar refractivity (Wildman–Crippen MR) is 61.4 cm³/mol. The Bertz CT molecular complexity index is 565. The van der Waals surface area contributed by atoms with Crippen LogP contribution in [0.5, 0.6) is 0 Å².